The van der Waals surface area contributed by atoms with Crippen molar-refractivity contribution in [3.8, 4) is 0 Å². The minimum absolute atomic E-state index is 0.115. The minimum atomic E-state index is -0.350. The Hall–Kier alpha value is -1.40. The third-order valence-electron chi connectivity index (χ3n) is 3.79. The molecule has 1 aliphatic heterocycles. The van der Waals surface area contributed by atoms with E-state index in [2.05, 4.69) is 29.6 Å². The van der Waals surface area contributed by atoms with Crippen molar-refractivity contribution in [3.63, 3.8) is 0 Å². The zero-order valence-electron chi connectivity index (χ0n) is 13.6. The second-order valence-electron chi connectivity index (χ2n) is 6.93. The quantitative estimate of drug-likeness (QED) is 0.891. The lowest BCUT2D eigenvalue weighted by atomic mass is 9.94. The van der Waals surface area contributed by atoms with Crippen LogP contribution in [-0.2, 0) is 9.53 Å². The number of carbonyl (C=O) groups is 1. The van der Waals surface area contributed by atoms with Gasteiger partial charge in [-0.15, -0.1) is 0 Å². The van der Waals surface area contributed by atoms with Crippen LogP contribution in [0.3, 0.4) is 0 Å². The van der Waals surface area contributed by atoms with Crippen molar-refractivity contribution < 1.29 is 14.1 Å². The van der Waals surface area contributed by atoms with Crippen LogP contribution in [-0.4, -0.2) is 34.3 Å². The fraction of sp³-hybridized carbons (Fsp3) is 0.733. The van der Waals surface area contributed by atoms with Crippen molar-refractivity contribution in [2.24, 2.45) is 0 Å². The first-order valence-electron chi connectivity index (χ1n) is 7.29. The molecule has 0 bridgehead atoms. The lowest BCUT2D eigenvalue weighted by molar-refractivity contribution is -0.118. The van der Waals surface area contributed by atoms with Crippen molar-refractivity contribution in [1.29, 1.82) is 0 Å². The predicted molar refractivity (Wildman–Crippen MR) is 80.1 cm³/mol. The number of ether oxygens (including phenoxy) is 1. The first-order valence-corrected chi connectivity index (χ1v) is 7.29. The number of carbonyl (C=O) groups excluding carboxylic acids is 1. The summed E-state index contributed by atoms with van der Waals surface area (Å²) in [6, 6.07) is 1.46. The highest BCUT2D eigenvalue weighted by atomic mass is 16.5. The molecule has 1 aliphatic rings. The van der Waals surface area contributed by atoms with Gasteiger partial charge in [-0.2, -0.15) is 0 Å². The molecule has 1 amide bonds. The van der Waals surface area contributed by atoms with Crippen LogP contribution >= 0.6 is 0 Å². The zero-order valence-corrected chi connectivity index (χ0v) is 13.6. The van der Waals surface area contributed by atoms with Gasteiger partial charge in [0.15, 0.2) is 0 Å². The molecule has 0 saturated carbocycles. The van der Waals surface area contributed by atoms with Gasteiger partial charge < -0.3 is 14.6 Å². The van der Waals surface area contributed by atoms with Gasteiger partial charge in [-0.05, 0) is 48.0 Å². The van der Waals surface area contributed by atoms with E-state index >= 15 is 0 Å². The molecule has 0 aromatic carbocycles. The molecule has 6 heteroatoms. The van der Waals surface area contributed by atoms with Gasteiger partial charge in [0.05, 0.1) is 22.9 Å². The van der Waals surface area contributed by atoms with Gasteiger partial charge >= 0.3 is 0 Å². The first-order chi connectivity index (χ1) is 9.59. The van der Waals surface area contributed by atoms with E-state index in [-0.39, 0.29) is 29.2 Å². The molecule has 2 rings (SSSR count). The van der Waals surface area contributed by atoms with Crippen LogP contribution in [0.1, 0.15) is 46.7 Å². The number of hydrogen-bond donors (Lipinski definition) is 2. The van der Waals surface area contributed by atoms with Crippen molar-refractivity contribution in [1.82, 2.24) is 10.5 Å². The fourth-order valence-electron chi connectivity index (χ4n) is 2.85. The molecule has 2 atom stereocenters. The molecule has 1 saturated heterocycles. The lowest BCUT2D eigenvalue weighted by Crippen LogP contribution is -2.50. The molecule has 0 spiro atoms. The van der Waals surface area contributed by atoms with E-state index in [9.17, 15) is 4.79 Å². The summed E-state index contributed by atoms with van der Waals surface area (Å²) in [6.07, 6.45) is 0.860. The average Bonchev–Trinajstić information content (AvgIpc) is 2.79. The van der Waals surface area contributed by atoms with E-state index in [1.54, 1.807) is 13.0 Å². The third kappa shape index (κ3) is 3.83. The van der Waals surface area contributed by atoms with E-state index in [0.29, 0.717) is 5.88 Å². The Morgan fingerprint density at radius 3 is 2.57 bits per heavy atom. The van der Waals surface area contributed by atoms with Crippen LogP contribution < -0.4 is 10.6 Å². The van der Waals surface area contributed by atoms with Crippen LogP contribution in [0.5, 0.6) is 0 Å². The summed E-state index contributed by atoms with van der Waals surface area (Å²) >= 11 is 0. The van der Waals surface area contributed by atoms with Gasteiger partial charge in [0.1, 0.15) is 0 Å². The SMILES string of the molecule is Cc1cc(NC(=O)C(C)NC2CC(C)(C)OC2(C)C)on1. The van der Waals surface area contributed by atoms with E-state index in [1.807, 2.05) is 20.8 Å². The Morgan fingerprint density at radius 2 is 2.10 bits per heavy atom. The summed E-state index contributed by atoms with van der Waals surface area (Å²) in [4.78, 5) is 12.2. The highest BCUT2D eigenvalue weighted by Crippen LogP contribution is 2.37. The molecular formula is C15H25N3O3. The second kappa shape index (κ2) is 5.42. The molecule has 2 unspecified atom stereocenters. The van der Waals surface area contributed by atoms with Gasteiger partial charge in [0.25, 0.3) is 0 Å². The van der Waals surface area contributed by atoms with Gasteiger partial charge in [0, 0.05) is 12.1 Å². The molecule has 2 N–H and O–H groups in total. The topological polar surface area (TPSA) is 76.4 Å². The van der Waals surface area contributed by atoms with Crippen molar-refractivity contribution >= 4 is 11.8 Å². The highest BCUT2D eigenvalue weighted by Gasteiger charge is 2.46. The standard InChI is InChI=1S/C15H25N3O3/c1-9-7-12(20-18-9)17-13(19)10(2)16-11-8-14(3,4)21-15(11,5)6/h7,10-11,16H,8H2,1-6H3,(H,17,19). The Morgan fingerprint density at radius 1 is 1.43 bits per heavy atom. The maximum atomic E-state index is 12.2. The number of aromatic nitrogens is 1. The van der Waals surface area contributed by atoms with Gasteiger partial charge in [0.2, 0.25) is 11.8 Å². The normalized spacial score (nSPS) is 24.8. The number of nitrogens with zero attached hydrogens (tertiary/aromatic N) is 1. The Kier molecular flexibility index (Phi) is 4.13. The second-order valence-corrected chi connectivity index (χ2v) is 6.93. The number of aryl methyl sites for hydroxylation is 1. The molecule has 118 valence electrons. The molecule has 1 fully saturated rings. The van der Waals surface area contributed by atoms with E-state index < -0.39 is 0 Å². The number of rotatable bonds is 4. The fourth-order valence-corrected chi connectivity index (χ4v) is 2.85. The third-order valence-corrected chi connectivity index (χ3v) is 3.79. The molecule has 0 radical (unpaired) electrons. The molecule has 1 aromatic rings. The maximum absolute atomic E-state index is 12.2. The number of nitrogens with one attached hydrogen (secondary N) is 2. The number of amides is 1. The van der Waals surface area contributed by atoms with Crippen LogP contribution in [0.15, 0.2) is 10.6 Å². The molecule has 1 aromatic heterocycles. The zero-order chi connectivity index (χ0) is 15.8. The Balaban J connectivity index is 1.94. The number of hydrogen-bond acceptors (Lipinski definition) is 5. The largest absolute Gasteiger partial charge is 0.368 e. The highest BCUT2D eigenvalue weighted by molar-refractivity contribution is 5.93. The smallest absolute Gasteiger partial charge is 0.243 e. The summed E-state index contributed by atoms with van der Waals surface area (Å²) in [5.41, 5.74) is 0.248. The summed E-state index contributed by atoms with van der Waals surface area (Å²) in [6.45, 7) is 11.9. The van der Waals surface area contributed by atoms with Crippen molar-refractivity contribution in [2.75, 3.05) is 5.32 Å². The van der Waals surface area contributed by atoms with Gasteiger partial charge in [-0.3, -0.25) is 10.1 Å². The van der Waals surface area contributed by atoms with Crippen molar-refractivity contribution in [3.05, 3.63) is 11.8 Å². The van der Waals surface area contributed by atoms with E-state index in [4.69, 9.17) is 9.26 Å². The Bertz CT molecular complexity index is 522. The molecule has 21 heavy (non-hydrogen) atoms. The predicted octanol–water partition coefficient (Wildman–Crippen LogP) is 2.25. The molecular weight excluding hydrogens is 270 g/mol. The van der Waals surface area contributed by atoms with Gasteiger partial charge in [-0.25, -0.2) is 0 Å². The van der Waals surface area contributed by atoms with E-state index in [0.717, 1.165) is 12.1 Å². The lowest BCUT2D eigenvalue weighted by Gasteiger charge is -2.29. The minimum Gasteiger partial charge on any atom is -0.368 e. The van der Waals surface area contributed by atoms with Gasteiger partial charge in [-0.1, -0.05) is 5.16 Å². The van der Waals surface area contributed by atoms with Crippen LogP contribution in [0.4, 0.5) is 5.88 Å². The molecule has 0 aliphatic carbocycles. The van der Waals surface area contributed by atoms with Crippen LogP contribution in [0.2, 0.25) is 0 Å². The van der Waals surface area contributed by atoms with Crippen LogP contribution in [0, 0.1) is 6.92 Å². The first kappa shape index (κ1) is 16.0. The Labute approximate surface area is 125 Å². The average molecular weight is 295 g/mol. The van der Waals surface area contributed by atoms with Crippen LogP contribution in [0.25, 0.3) is 0 Å². The molecule has 6 nitrogen and oxygen atoms in total. The van der Waals surface area contributed by atoms with E-state index in [1.165, 1.54) is 0 Å². The molecule has 2 heterocycles. The number of anilines is 1. The summed E-state index contributed by atoms with van der Waals surface area (Å²) in [7, 11) is 0. The van der Waals surface area contributed by atoms with Crippen molar-refractivity contribution in [2.45, 2.75) is 71.2 Å². The monoisotopic (exact) mass is 295 g/mol. The summed E-state index contributed by atoms with van der Waals surface area (Å²) in [5.74, 6) is 0.222. The summed E-state index contributed by atoms with van der Waals surface area (Å²) in [5, 5.41) is 9.81. The summed E-state index contributed by atoms with van der Waals surface area (Å²) < 4.78 is 11.0. The maximum Gasteiger partial charge on any atom is 0.243 e.